The molecule has 88 valence electrons. The highest BCUT2D eigenvalue weighted by Crippen LogP contribution is 2.22. The lowest BCUT2D eigenvalue weighted by Crippen LogP contribution is -2.28. The normalized spacial score (nSPS) is 19.4. The molecule has 2 rings (SSSR count). The third-order valence-corrected chi connectivity index (χ3v) is 2.97. The van der Waals surface area contributed by atoms with E-state index >= 15 is 0 Å². The van der Waals surface area contributed by atoms with Crippen molar-refractivity contribution in [3.63, 3.8) is 0 Å². The second-order valence-electron chi connectivity index (χ2n) is 4.12. The molecule has 1 aliphatic rings. The van der Waals surface area contributed by atoms with Crippen molar-refractivity contribution in [2.24, 2.45) is 0 Å². The molecule has 5 heteroatoms. The summed E-state index contributed by atoms with van der Waals surface area (Å²) in [4.78, 5) is 19.7. The average Bonchev–Trinajstić information content (AvgIpc) is 2.83. The molecule has 5 nitrogen and oxygen atoms in total. The fourth-order valence-corrected chi connectivity index (χ4v) is 1.88. The number of aryl methyl sites for hydroxylation is 1. The van der Waals surface area contributed by atoms with Crippen LogP contribution in [0.25, 0.3) is 0 Å². The average molecular weight is 223 g/mol. The van der Waals surface area contributed by atoms with Gasteiger partial charge in [-0.1, -0.05) is 0 Å². The van der Waals surface area contributed by atoms with E-state index in [1.807, 2.05) is 25.7 Å². The topological polar surface area (TPSA) is 49.6 Å². The number of hydrogen-bond donors (Lipinski definition) is 0. The summed E-state index contributed by atoms with van der Waals surface area (Å²) < 4.78 is 5.48. The first-order valence-electron chi connectivity index (χ1n) is 5.56. The predicted molar refractivity (Wildman–Crippen MR) is 58.6 cm³/mol. The van der Waals surface area contributed by atoms with E-state index in [0.717, 1.165) is 12.3 Å². The van der Waals surface area contributed by atoms with Gasteiger partial charge in [0.15, 0.2) is 0 Å². The minimum Gasteiger partial charge on any atom is -0.444 e. The molecule has 1 atom stereocenters. The van der Waals surface area contributed by atoms with Gasteiger partial charge in [0, 0.05) is 6.54 Å². The van der Waals surface area contributed by atoms with Gasteiger partial charge >= 0.3 is 0 Å². The first-order valence-corrected chi connectivity index (χ1v) is 5.56. The molecule has 1 aromatic rings. The lowest BCUT2D eigenvalue weighted by molar-refractivity contribution is -0.126. The van der Waals surface area contributed by atoms with Crippen molar-refractivity contribution in [2.45, 2.75) is 26.8 Å². The highest BCUT2D eigenvalue weighted by molar-refractivity contribution is 5.80. The molecule has 0 spiro atoms. The summed E-state index contributed by atoms with van der Waals surface area (Å²) in [5.41, 5.74) is 0. The van der Waals surface area contributed by atoms with Crippen LogP contribution in [0.1, 0.15) is 31.5 Å². The van der Waals surface area contributed by atoms with E-state index in [1.54, 1.807) is 6.20 Å². The van der Waals surface area contributed by atoms with Crippen molar-refractivity contribution in [2.75, 3.05) is 19.8 Å². The van der Waals surface area contributed by atoms with E-state index in [2.05, 4.69) is 9.88 Å². The Hall–Kier alpha value is -1.36. The van der Waals surface area contributed by atoms with Gasteiger partial charge in [0.25, 0.3) is 0 Å². The third-order valence-electron chi connectivity index (χ3n) is 2.97. The Morgan fingerprint density at radius 3 is 2.88 bits per heavy atom. The van der Waals surface area contributed by atoms with Gasteiger partial charge in [-0.25, -0.2) is 4.98 Å². The predicted octanol–water partition coefficient (Wildman–Crippen LogP) is 1.17. The minimum absolute atomic E-state index is 0.0502. The molecule has 0 radical (unpaired) electrons. The van der Waals surface area contributed by atoms with Crippen LogP contribution in [-0.2, 0) is 4.79 Å². The number of amides is 1. The number of nitrogens with zero attached hydrogens (tertiary/aromatic N) is 3. The molecule has 0 saturated carbocycles. The highest BCUT2D eigenvalue weighted by atomic mass is 16.4. The van der Waals surface area contributed by atoms with E-state index in [9.17, 15) is 4.79 Å². The van der Waals surface area contributed by atoms with Crippen molar-refractivity contribution in [1.29, 1.82) is 0 Å². The monoisotopic (exact) mass is 223 g/mol. The summed E-state index contributed by atoms with van der Waals surface area (Å²) in [7, 11) is 0. The number of likely N-dealkylation sites (N-methyl/N-ethyl adjacent to an activating group) is 1. The lowest BCUT2D eigenvalue weighted by Gasteiger charge is -2.20. The molecule has 1 fully saturated rings. The van der Waals surface area contributed by atoms with Crippen molar-refractivity contribution in [3.8, 4) is 0 Å². The summed E-state index contributed by atoms with van der Waals surface area (Å²) in [6.07, 6.45) is 1.71. The van der Waals surface area contributed by atoms with E-state index in [4.69, 9.17) is 4.42 Å². The summed E-state index contributed by atoms with van der Waals surface area (Å²) in [5.74, 6) is 1.67. The molecule has 1 aromatic heterocycles. The smallest absolute Gasteiger partial charge is 0.237 e. The van der Waals surface area contributed by atoms with Crippen LogP contribution >= 0.6 is 0 Å². The standard InChI is InChI=1S/C11H17N3O2/c1-4-13-7-14(6-10(13)15)9(3)11-12-5-8(2)16-11/h5,9H,4,6-7H2,1-3H3/t9-/m0/s1. The van der Waals surface area contributed by atoms with Crippen LogP contribution in [0.2, 0.25) is 0 Å². The van der Waals surface area contributed by atoms with E-state index in [-0.39, 0.29) is 11.9 Å². The summed E-state index contributed by atoms with van der Waals surface area (Å²) in [5, 5.41) is 0. The van der Waals surface area contributed by atoms with Gasteiger partial charge in [-0.15, -0.1) is 0 Å². The summed E-state index contributed by atoms with van der Waals surface area (Å²) in [6, 6.07) is 0.0502. The van der Waals surface area contributed by atoms with Crippen molar-refractivity contribution >= 4 is 5.91 Å². The maximum atomic E-state index is 11.6. The number of hydrogen-bond acceptors (Lipinski definition) is 4. The lowest BCUT2D eigenvalue weighted by atomic mass is 10.3. The molecule has 0 N–H and O–H groups in total. The van der Waals surface area contributed by atoms with Crippen LogP contribution in [0.15, 0.2) is 10.6 Å². The Kier molecular flexibility index (Phi) is 2.96. The van der Waals surface area contributed by atoms with Gasteiger partial charge in [0.2, 0.25) is 11.8 Å². The Morgan fingerprint density at radius 1 is 1.62 bits per heavy atom. The van der Waals surface area contributed by atoms with E-state index in [0.29, 0.717) is 19.1 Å². The molecule has 16 heavy (non-hydrogen) atoms. The van der Waals surface area contributed by atoms with Crippen LogP contribution in [-0.4, -0.2) is 40.4 Å². The number of carbonyl (C=O) groups is 1. The van der Waals surface area contributed by atoms with Crippen LogP contribution in [0.5, 0.6) is 0 Å². The van der Waals surface area contributed by atoms with Gasteiger partial charge in [-0.3, -0.25) is 9.69 Å². The van der Waals surface area contributed by atoms with Crippen LogP contribution in [0.3, 0.4) is 0 Å². The highest BCUT2D eigenvalue weighted by Gasteiger charge is 2.31. The van der Waals surface area contributed by atoms with Crippen LogP contribution < -0.4 is 0 Å². The molecule has 0 aliphatic carbocycles. The van der Waals surface area contributed by atoms with Crippen LogP contribution in [0.4, 0.5) is 0 Å². The van der Waals surface area contributed by atoms with E-state index < -0.39 is 0 Å². The Bertz CT molecular complexity index is 388. The quantitative estimate of drug-likeness (QED) is 0.771. The SMILES string of the molecule is CCN1CN([C@@H](C)c2ncc(C)o2)CC1=O. The first kappa shape index (κ1) is 11.1. The molecular formula is C11H17N3O2. The van der Waals surface area contributed by atoms with E-state index in [1.165, 1.54) is 0 Å². The first-order chi connectivity index (χ1) is 7.61. The molecular weight excluding hydrogens is 206 g/mol. The van der Waals surface area contributed by atoms with Crippen molar-refractivity contribution in [1.82, 2.24) is 14.8 Å². The molecule has 0 bridgehead atoms. The Labute approximate surface area is 95.0 Å². The number of oxazole rings is 1. The molecule has 0 unspecified atom stereocenters. The zero-order valence-corrected chi connectivity index (χ0v) is 9.93. The second kappa shape index (κ2) is 4.25. The third kappa shape index (κ3) is 1.95. The molecule has 0 aromatic carbocycles. The number of carbonyl (C=O) groups excluding carboxylic acids is 1. The Balaban J connectivity index is 2.07. The van der Waals surface area contributed by atoms with Crippen molar-refractivity contribution < 1.29 is 9.21 Å². The zero-order chi connectivity index (χ0) is 11.7. The zero-order valence-electron chi connectivity index (χ0n) is 9.93. The number of rotatable bonds is 3. The fraction of sp³-hybridized carbons (Fsp3) is 0.636. The maximum Gasteiger partial charge on any atom is 0.237 e. The Morgan fingerprint density at radius 2 is 2.38 bits per heavy atom. The van der Waals surface area contributed by atoms with Gasteiger partial charge in [0.05, 0.1) is 25.5 Å². The molecule has 2 heterocycles. The van der Waals surface area contributed by atoms with Gasteiger partial charge in [0.1, 0.15) is 5.76 Å². The largest absolute Gasteiger partial charge is 0.444 e. The molecule has 1 aliphatic heterocycles. The minimum atomic E-state index is 0.0502. The second-order valence-corrected chi connectivity index (χ2v) is 4.12. The number of aromatic nitrogens is 1. The maximum absolute atomic E-state index is 11.6. The molecule has 1 saturated heterocycles. The van der Waals surface area contributed by atoms with Crippen molar-refractivity contribution in [3.05, 3.63) is 17.8 Å². The summed E-state index contributed by atoms with van der Waals surface area (Å²) in [6.45, 7) is 7.75. The van der Waals surface area contributed by atoms with Gasteiger partial charge in [-0.05, 0) is 20.8 Å². The van der Waals surface area contributed by atoms with Gasteiger partial charge < -0.3 is 9.32 Å². The fourth-order valence-electron chi connectivity index (χ4n) is 1.88. The van der Waals surface area contributed by atoms with Gasteiger partial charge in [-0.2, -0.15) is 0 Å². The summed E-state index contributed by atoms with van der Waals surface area (Å²) >= 11 is 0. The van der Waals surface area contributed by atoms with Crippen LogP contribution in [0, 0.1) is 6.92 Å². The molecule has 1 amide bonds.